The molecule has 0 bridgehead atoms. The van der Waals surface area contributed by atoms with Crippen molar-refractivity contribution in [2.24, 2.45) is 5.73 Å². The first-order chi connectivity index (χ1) is 6.83. The summed E-state index contributed by atoms with van der Waals surface area (Å²) >= 11 is 0. The summed E-state index contributed by atoms with van der Waals surface area (Å²) in [4.78, 5) is 0. The number of nitrogens with two attached hydrogens (primary N) is 1. The van der Waals surface area contributed by atoms with Gasteiger partial charge in [-0.25, -0.2) is 0 Å². The summed E-state index contributed by atoms with van der Waals surface area (Å²) in [5.41, 5.74) is 9.17. The third-order valence-electron chi connectivity index (χ3n) is 2.92. The second-order valence-electron chi connectivity index (χ2n) is 3.80. The normalized spacial score (nSPS) is 18.7. The van der Waals surface area contributed by atoms with E-state index in [1.807, 2.05) is 6.92 Å². The van der Waals surface area contributed by atoms with Gasteiger partial charge in [0.15, 0.2) is 0 Å². The molecule has 0 aliphatic carbocycles. The minimum Gasteiger partial charge on any atom is -0.381 e. The van der Waals surface area contributed by atoms with Crippen molar-refractivity contribution in [1.29, 1.82) is 0 Å². The van der Waals surface area contributed by atoms with Gasteiger partial charge in [-0.05, 0) is 19.8 Å². The Morgan fingerprint density at radius 3 is 2.86 bits per heavy atom. The molecule has 14 heavy (non-hydrogen) atoms. The van der Waals surface area contributed by atoms with Crippen LogP contribution in [0, 0.1) is 6.92 Å². The second-order valence-corrected chi connectivity index (χ2v) is 3.80. The Morgan fingerprint density at radius 2 is 2.21 bits per heavy atom. The number of ether oxygens (including phenoxy) is 1. The molecule has 0 aromatic carbocycles. The van der Waals surface area contributed by atoms with E-state index in [1.54, 1.807) is 0 Å². The van der Waals surface area contributed by atoms with Gasteiger partial charge in [0.1, 0.15) is 0 Å². The summed E-state index contributed by atoms with van der Waals surface area (Å²) in [5, 5.41) is 7.36. The molecule has 1 aromatic heterocycles. The van der Waals surface area contributed by atoms with E-state index < -0.39 is 0 Å². The van der Waals surface area contributed by atoms with Gasteiger partial charge in [-0.1, -0.05) is 0 Å². The number of aryl methyl sites for hydroxylation is 1. The first-order valence-corrected chi connectivity index (χ1v) is 5.14. The van der Waals surface area contributed by atoms with E-state index in [-0.39, 0.29) is 0 Å². The maximum absolute atomic E-state index is 5.71. The zero-order valence-corrected chi connectivity index (χ0v) is 8.55. The Kier molecular flexibility index (Phi) is 2.84. The van der Waals surface area contributed by atoms with Crippen molar-refractivity contribution in [1.82, 2.24) is 10.2 Å². The molecule has 0 unspecified atom stereocenters. The third-order valence-corrected chi connectivity index (χ3v) is 2.92. The number of hydrogen-bond acceptors (Lipinski definition) is 3. The van der Waals surface area contributed by atoms with Crippen LogP contribution in [0.1, 0.15) is 35.7 Å². The van der Waals surface area contributed by atoms with Gasteiger partial charge in [0, 0.05) is 36.9 Å². The first kappa shape index (κ1) is 9.68. The molecule has 3 N–H and O–H groups in total. The lowest BCUT2D eigenvalue weighted by molar-refractivity contribution is 0.0843. The number of aromatic nitrogens is 2. The standard InChI is InChI=1S/C10H17N3O/c1-7-9(6-11)10(13-12-7)8-2-4-14-5-3-8/h8H,2-6,11H2,1H3,(H,12,13). The van der Waals surface area contributed by atoms with E-state index in [0.717, 1.165) is 37.4 Å². The Bertz CT molecular complexity index is 302. The van der Waals surface area contributed by atoms with E-state index in [4.69, 9.17) is 10.5 Å². The van der Waals surface area contributed by atoms with Crippen molar-refractivity contribution in [3.63, 3.8) is 0 Å². The molecule has 4 heteroatoms. The molecule has 0 atom stereocenters. The van der Waals surface area contributed by atoms with Crippen molar-refractivity contribution < 1.29 is 4.74 Å². The fourth-order valence-corrected chi connectivity index (χ4v) is 2.04. The van der Waals surface area contributed by atoms with Crippen molar-refractivity contribution in [2.75, 3.05) is 13.2 Å². The summed E-state index contributed by atoms with van der Waals surface area (Å²) in [7, 11) is 0. The van der Waals surface area contributed by atoms with E-state index in [1.165, 1.54) is 5.56 Å². The molecule has 0 radical (unpaired) electrons. The molecular formula is C10H17N3O. The molecule has 0 saturated carbocycles. The zero-order chi connectivity index (χ0) is 9.97. The number of aromatic amines is 1. The van der Waals surface area contributed by atoms with Gasteiger partial charge >= 0.3 is 0 Å². The van der Waals surface area contributed by atoms with Crippen LogP contribution in [0.15, 0.2) is 0 Å². The van der Waals surface area contributed by atoms with Gasteiger partial charge in [-0.2, -0.15) is 5.10 Å². The van der Waals surface area contributed by atoms with Crippen LogP contribution < -0.4 is 5.73 Å². The highest BCUT2D eigenvalue weighted by Crippen LogP contribution is 2.28. The Labute approximate surface area is 83.8 Å². The van der Waals surface area contributed by atoms with Crippen LogP contribution in [-0.2, 0) is 11.3 Å². The first-order valence-electron chi connectivity index (χ1n) is 5.14. The molecule has 4 nitrogen and oxygen atoms in total. The average molecular weight is 195 g/mol. The predicted molar refractivity (Wildman–Crippen MR) is 54.0 cm³/mol. The molecule has 1 saturated heterocycles. The van der Waals surface area contributed by atoms with Crippen LogP contribution >= 0.6 is 0 Å². The van der Waals surface area contributed by atoms with E-state index in [0.29, 0.717) is 12.5 Å². The number of H-pyrrole nitrogens is 1. The molecule has 0 amide bonds. The lowest BCUT2D eigenvalue weighted by atomic mass is 9.93. The van der Waals surface area contributed by atoms with Crippen molar-refractivity contribution in [3.05, 3.63) is 17.0 Å². The minimum absolute atomic E-state index is 0.534. The molecule has 2 rings (SSSR count). The highest BCUT2D eigenvalue weighted by Gasteiger charge is 2.21. The molecule has 78 valence electrons. The van der Waals surface area contributed by atoms with Gasteiger partial charge in [-0.15, -0.1) is 0 Å². The third kappa shape index (κ3) is 1.67. The maximum atomic E-state index is 5.71. The quantitative estimate of drug-likeness (QED) is 0.742. The fraction of sp³-hybridized carbons (Fsp3) is 0.700. The van der Waals surface area contributed by atoms with Crippen LogP contribution in [0.5, 0.6) is 0 Å². The molecule has 0 spiro atoms. The number of hydrogen-bond donors (Lipinski definition) is 2. The van der Waals surface area contributed by atoms with Gasteiger partial charge in [-0.3, -0.25) is 5.10 Å². The summed E-state index contributed by atoms with van der Waals surface area (Å²) in [5.74, 6) is 0.534. The van der Waals surface area contributed by atoms with Gasteiger partial charge in [0.2, 0.25) is 0 Å². The molecule has 1 fully saturated rings. The lowest BCUT2D eigenvalue weighted by Crippen LogP contribution is -2.16. The van der Waals surface area contributed by atoms with E-state index in [9.17, 15) is 0 Å². The van der Waals surface area contributed by atoms with Gasteiger partial charge in [0.05, 0.1) is 5.69 Å². The number of nitrogens with zero attached hydrogens (tertiary/aromatic N) is 1. The summed E-state index contributed by atoms with van der Waals surface area (Å²) in [6.07, 6.45) is 2.13. The van der Waals surface area contributed by atoms with Crippen LogP contribution in [0.4, 0.5) is 0 Å². The van der Waals surface area contributed by atoms with Crippen molar-refractivity contribution >= 4 is 0 Å². The van der Waals surface area contributed by atoms with Crippen LogP contribution in [0.2, 0.25) is 0 Å². The summed E-state index contributed by atoms with van der Waals surface area (Å²) < 4.78 is 5.33. The van der Waals surface area contributed by atoms with E-state index in [2.05, 4.69) is 10.2 Å². The Hall–Kier alpha value is -0.870. The van der Waals surface area contributed by atoms with Gasteiger partial charge in [0.25, 0.3) is 0 Å². The number of rotatable bonds is 2. The molecule has 1 aliphatic rings. The van der Waals surface area contributed by atoms with Crippen LogP contribution in [-0.4, -0.2) is 23.4 Å². The van der Waals surface area contributed by atoms with Gasteiger partial charge < -0.3 is 10.5 Å². The zero-order valence-electron chi connectivity index (χ0n) is 8.55. The molecule has 1 aromatic rings. The molecule has 1 aliphatic heterocycles. The lowest BCUT2D eigenvalue weighted by Gasteiger charge is -2.21. The summed E-state index contributed by atoms with van der Waals surface area (Å²) in [6, 6.07) is 0. The largest absolute Gasteiger partial charge is 0.381 e. The highest BCUT2D eigenvalue weighted by molar-refractivity contribution is 5.27. The monoisotopic (exact) mass is 195 g/mol. The average Bonchev–Trinajstić information content (AvgIpc) is 2.61. The topological polar surface area (TPSA) is 63.9 Å². The van der Waals surface area contributed by atoms with Crippen molar-refractivity contribution in [3.8, 4) is 0 Å². The van der Waals surface area contributed by atoms with Crippen LogP contribution in [0.25, 0.3) is 0 Å². The Balaban J connectivity index is 2.21. The van der Waals surface area contributed by atoms with E-state index >= 15 is 0 Å². The summed E-state index contributed by atoms with van der Waals surface area (Å²) in [6.45, 7) is 4.30. The maximum Gasteiger partial charge on any atom is 0.0702 e. The fourth-order valence-electron chi connectivity index (χ4n) is 2.04. The molecular weight excluding hydrogens is 178 g/mol. The van der Waals surface area contributed by atoms with Crippen molar-refractivity contribution in [2.45, 2.75) is 32.2 Å². The number of nitrogens with one attached hydrogen (secondary N) is 1. The second kappa shape index (κ2) is 4.11. The SMILES string of the molecule is Cc1[nH]nc(C2CCOCC2)c1CN. The molecule has 2 heterocycles. The smallest absolute Gasteiger partial charge is 0.0702 e. The predicted octanol–water partition coefficient (Wildman–Crippen LogP) is 1.07. The highest BCUT2D eigenvalue weighted by atomic mass is 16.5. The minimum atomic E-state index is 0.534. The Morgan fingerprint density at radius 1 is 1.50 bits per heavy atom. The van der Waals surface area contributed by atoms with Crippen LogP contribution in [0.3, 0.4) is 0 Å².